The van der Waals surface area contributed by atoms with E-state index >= 15 is 0 Å². The first-order valence-corrected chi connectivity index (χ1v) is 9.59. The molecule has 0 amide bonds. The number of rotatable bonds is 7. The highest BCUT2D eigenvalue weighted by Crippen LogP contribution is 2.32. The third-order valence-electron chi connectivity index (χ3n) is 4.14. The molecule has 0 fully saturated rings. The minimum absolute atomic E-state index is 0. The monoisotopic (exact) mass is 527 g/mol. The molecular weight excluding hydrogens is 501 g/mol. The second-order valence-corrected chi connectivity index (χ2v) is 6.33. The van der Waals surface area contributed by atoms with Gasteiger partial charge < -0.3 is 25.4 Å². The molecule has 3 N–H and O–H groups in total. The average Bonchev–Trinajstić information content (AvgIpc) is 2.96. The zero-order valence-electron chi connectivity index (χ0n) is 16.7. The minimum atomic E-state index is -0.415. The molecule has 30 heavy (non-hydrogen) atoms. The molecule has 2 aromatic carbocycles. The van der Waals surface area contributed by atoms with Crippen LogP contribution in [-0.2, 0) is 0 Å². The summed E-state index contributed by atoms with van der Waals surface area (Å²) in [6.45, 7) is 5.14. The van der Waals surface area contributed by atoms with Crippen molar-refractivity contribution in [3.8, 4) is 11.5 Å². The lowest BCUT2D eigenvalue weighted by molar-refractivity contribution is -0.384. The van der Waals surface area contributed by atoms with Gasteiger partial charge in [-0.2, -0.15) is 0 Å². The number of ether oxygens (including phenoxy) is 2. The number of nitrogens with zero attached hydrogens (tertiary/aromatic N) is 2. The van der Waals surface area contributed by atoms with E-state index in [1.165, 1.54) is 12.1 Å². The van der Waals surface area contributed by atoms with Gasteiger partial charge in [-0.05, 0) is 31.2 Å². The number of nitro benzene ring substituents is 1. The molecule has 9 nitrogen and oxygen atoms in total. The standard InChI is InChI=1S/C20H25N5O4.HI/c1-2-21-20(23-11-10-22-15-4-7-17(8-5-15)25(26)27)24-16-6-9-18-19(14-16)29-13-3-12-28-18;/h4-9,14,22H,2-3,10-13H2,1H3,(H2,21,23,24);1H. The Labute approximate surface area is 192 Å². The number of aliphatic imine (C=N–C) groups is 1. The van der Waals surface area contributed by atoms with Crippen LogP contribution in [0.4, 0.5) is 17.1 Å². The van der Waals surface area contributed by atoms with Crippen molar-refractivity contribution in [1.29, 1.82) is 0 Å². The Bertz CT molecular complexity index is 861. The molecule has 0 atom stereocenters. The van der Waals surface area contributed by atoms with E-state index in [9.17, 15) is 10.1 Å². The van der Waals surface area contributed by atoms with Gasteiger partial charge in [-0.3, -0.25) is 15.1 Å². The molecule has 0 aliphatic carbocycles. The number of nitro groups is 1. The third-order valence-corrected chi connectivity index (χ3v) is 4.14. The molecule has 3 rings (SSSR count). The molecule has 0 bridgehead atoms. The predicted molar refractivity (Wildman–Crippen MR) is 129 cm³/mol. The Hall–Kier alpha value is -2.76. The highest BCUT2D eigenvalue weighted by atomic mass is 127. The van der Waals surface area contributed by atoms with Crippen LogP contribution < -0.4 is 25.4 Å². The van der Waals surface area contributed by atoms with Crippen LogP contribution in [0.15, 0.2) is 47.5 Å². The Kier molecular flexibility index (Phi) is 9.45. The summed E-state index contributed by atoms with van der Waals surface area (Å²) in [4.78, 5) is 14.8. The van der Waals surface area contributed by atoms with Crippen molar-refractivity contribution in [1.82, 2.24) is 5.32 Å². The van der Waals surface area contributed by atoms with Gasteiger partial charge in [0.05, 0.1) is 24.7 Å². The zero-order chi connectivity index (χ0) is 20.5. The molecule has 0 aromatic heterocycles. The van der Waals surface area contributed by atoms with Crippen molar-refractivity contribution in [3.05, 3.63) is 52.6 Å². The number of hydrogen-bond donors (Lipinski definition) is 3. The van der Waals surface area contributed by atoms with Crippen LogP contribution in [0.25, 0.3) is 0 Å². The van der Waals surface area contributed by atoms with E-state index in [-0.39, 0.29) is 29.7 Å². The number of hydrogen-bond acceptors (Lipinski definition) is 6. The first-order valence-electron chi connectivity index (χ1n) is 9.59. The van der Waals surface area contributed by atoms with Crippen LogP contribution in [0, 0.1) is 10.1 Å². The fraction of sp³-hybridized carbons (Fsp3) is 0.350. The van der Waals surface area contributed by atoms with Crippen molar-refractivity contribution in [2.24, 2.45) is 4.99 Å². The lowest BCUT2D eigenvalue weighted by atomic mass is 10.3. The second-order valence-electron chi connectivity index (χ2n) is 6.33. The summed E-state index contributed by atoms with van der Waals surface area (Å²) < 4.78 is 11.4. The smallest absolute Gasteiger partial charge is 0.269 e. The molecule has 0 saturated carbocycles. The predicted octanol–water partition coefficient (Wildman–Crippen LogP) is 3.86. The lowest BCUT2D eigenvalue weighted by Gasteiger charge is -2.14. The summed E-state index contributed by atoms with van der Waals surface area (Å²) in [5.74, 6) is 2.14. The minimum Gasteiger partial charge on any atom is -0.490 e. The fourth-order valence-corrected chi connectivity index (χ4v) is 2.75. The van der Waals surface area contributed by atoms with Crippen LogP contribution in [-0.4, -0.2) is 43.7 Å². The maximum Gasteiger partial charge on any atom is 0.269 e. The Balaban J connectivity index is 0.00000320. The van der Waals surface area contributed by atoms with Gasteiger partial charge in [0.1, 0.15) is 0 Å². The Morgan fingerprint density at radius 3 is 2.50 bits per heavy atom. The topological polar surface area (TPSA) is 110 Å². The van der Waals surface area contributed by atoms with Crippen LogP contribution in [0.3, 0.4) is 0 Å². The van der Waals surface area contributed by atoms with E-state index in [1.54, 1.807) is 12.1 Å². The summed E-state index contributed by atoms with van der Waals surface area (Å²) >= 11 is 0. The molecule has 10 heteroatoms. The highest BCUT2D eigenvalue weighted by Gasteiger charge is 2.11. The number of fused-ring (bicyclic) bond motifs is 1. The van der Waals surface area contributed by atoms with Gasteiger partial charge in [0.25, 0.3) is 5.69 Å². The molecule has 1 aliphatic heterocycles. The number of non-ortho nitro benzene ring substituents is 1. The van der Waals surface area contributed by atoms with Gasteiger partial charge in [-0.1, -0.05) is 0 Å². The van der Waals surface area contributed by atoms with Gasteiger partial charge in [-0.25, -0.2) is 0 Å². The quantitative estimate of drug-likeness (QED) is 0.125. The van der Waals surface area contributed by atoms with Crippen molar-refractivity contribution in [3.63, 3.8) is 0 Å². The first kappa shape index (κ1) is 23.5. The third kappa shape index (κ3) is 6.94. The van der Waals surface area contributed by atoms with Crippen molar-refractivity contribution in [2.45, 2.75) is 13.3 Å². The van der Waals surface area contributed by atoms with Gasteiger partial charge in [0.2, 0.25) is 0 Å². The molecule has 0 unspecified atom stereocenters. The highest BCUT2D eigenvalue weighted by molar-refractivity contribution is 14.0. The SMILES string of the molecule is CCNC(=NCCNc1ccc([N+](=O)[O-])cc1)Nc1ccc2c(c1)OCCCO2.I. The van der Waals surface area contributed by atoms with E-state index in [1.807, 2.05) is 25.1 Å². The molecule has 0 saturated heterocycles. The maximum absolute atomic E-state index is 10.7. The van der Waals surface area contributed by atoms with Crippen LogP contribution in [0.5, 0.6) is 11.5 Å². The molecule has 0 spiro atoms. The van der Waals surface area contributed by atoms with E-state index in [2.05, 4.69) is 20.9 Å². The van der Waals surface area contributed by atoms with Crippen molar-refractivity contribution >= 4 is 47.0 Å². The van der Waals surface area contributed by atoms with E-state index < -0.39 is 4.92 Å². The first-order chi connectivity index (χ1) is 14.2. The van der Waals surface area contributed by atoms with Crippen LogP contribution in [0.2, 0.25) is 0 Å². The summed E-state index contributed by atoms with van der Waals surface area (Å²) in [7, 11) is 0. The molecule has 2 aromatic rings. The van der Waals surface area contributed by atoms with Crippen LogP contribution in [0.1, 0.15) is 13.3 Å². The lowest BCUT2D eigenvalue weighted by Crippen LogP contribution is -2.31. The van der Waals surface area contributed by atoms with E-state index in [0.717, 1.165) is 35.8 Å². The normalized spacial score (nSPS) is 12.9. The van der Waals surface area contributed by atoms with Gasteiger partial charge >= 0.3 is 0 Å². The molecule has 162 valence electrons. The largest absolute Gasteiger partial charge is 0.490 e. The van der Waals surface area contributed by atoms with Crippen molar-refractivity contribution < 1.29 is 14.4 Å². The van der Waals surface area contributed by atoms with Gasteiger partial charge in [-0.15, -0.1) is 24.0 Å². The Morgan fingerprint density at radius 2 is 1.80 bits per heavy atom. The number of nitrogens with one attached hydrogen (secondary N) is 3. The van der Waals surface area contributed by atoms with Gasteiger partial charge in [0.15, 0.2) is 17.5 Å². The average molecular weight is 527 g/mol. The maximum atomic E-state index is 10.7. The summed E-state index contributed by atoms with van der Waals surface area (Å²) in [5, 5.41) is 20.4. The summed E-state index contributed by atoms with van der Waals surface area (Å²) in [6, 6.07) is 12.0. The number of guanidine groups is 1. The summed E-state index contributed by atoms with van der Waals surface area (Å²) in [6.07, 6.45) is 0.864. The van der Waals surface area contributed by atoms with Crippen molar-refractivity contribution in [2.75, 3.05) is 43.5 Å². The van der Waals surface area contributed by atoms with Gasteiger partial charge in [0, 0.05) is 49.1 Å². The van der Waals surface area contributed by atoms with E-state index in [4.69, 9.17) is 9.47 Å². The number of benzene rings is 2. The second kappa shape index (κ2) is 12.1. The zero-order valence-corrected chi connectivity index (χ0v) is 19.1. The summed E-state index contributed by atoms with van der Waals surface area (Å²) in [5.41, 5.74) is 1.74. The number of anilines is 2. The Morgan fingerprint density at radius 1 is 1.10 bits per heavy atom. The molecule has 1 heterocycles. The molecular formula is C20H26IN5O4. The van der Waals surface area contributed by atoms with E-state index in [0.29, 0.717) is 32.3 Å². The fourth-order valence-electron chi connectivity index (χ4n) is 2.75. The molecule has 1 aliphatic rings. The number of halogens is 1. The van der Waals surface area contributed by atoms with Crippen LogP contribution >= 0.6 is 24.0 Å². The molecule has 0 radical (unpaired) electrons.